The molecule has 0 radical (unpaired) electrons. The highest BCUT2D eigenvalue weighted by Crippen LogP contribution is 2.41. The number of nitrogens with zero attached hydrogens (tertiary/aromatic N) is 1. The van der Waals surface area contributed by atoms with Crippen molar-refractivity contribution in [3.8, 4) is 0 Å². The van der Waals surface area contributed by atoms with E-state index in [9.17, 15) is 8.78 Å². The van der Waals surface area contributed by atoms with Crippen LogP contribution in [0, 0.1) is 11.8 Å². The van der Waals surface area contributed by atoms with Crippen LogP contribution < -0.4 is 0 Å². The van der Waals surface area contributed by atoms with Gasteiger partial charge in [0.2, 0.25) is 0 Å². The number of rotatable bonds is 3. The van der Waals surface area contributed by atoms with Crippen molar-refractivity contribution < 1.29 is 8.78 Å². The minimum atomic E-state index is -2.16. The number of hydrogen-bond acceptors (Lipinski definition) is 1. The largest absolute Gasteiger partial charge is 0.298 e. The van der Waals surface area contributed by atoms with E-state index in [1.54, 1.807) is 0 Å². The van der Waals surface area contributed by atoms with Crippen LogP contribution in [0.25, 0.3) is 0 Å². The van der Waals surface area contributed by atoms with Gasteiger partial charge in [-0.15, -0.1) is 0 Å². The Morgan fingerprint density at radius 2 is 1.54 bits per heavy atom. The lowest BCUT2D eigenvalue weighted by molar-refractivity contribution is 0.0666. The summed E-state index contributed by atoms with van der Waals surface area (Å²) in [6, 6.07) is 0. The smallest absolute Gasteiger partial charge is 0.251 e. The second-order valence-corrected chi connectivity index (χ2v) is 4.37. The fourth-order valence-electron chi connectivity index (χ4n) is 2.37. The van der Waals surface area contributed by atoms with Gasteiger partial charge in [-0.1, -0.05) is 0 Å². The Labute approximate surface area is 78.1 Å². The summed E-state index contributed by atoms with van der Waals surface area (Å²) in [5, 5.41) is 0. The Bertz CT molecular complexity index is 160. The fourth-order valence-corrected chi connectivity index (χ4v) is 2.37. The number of piperidine rings is 1. The van der Waals surface area contributed by atoms with Crippen LogP contribution >= 0.6 is 0 Å². The molecular weight excluding hydrogens is 172 g/mol. The number of likely N-dealkylation sites (tertiary alicyclic amines) is 1. The lowest BCUT2D eigenvalue weighted by Crippen LogP contribution is -2.37. The first-order valence-electron chi connectivity index (χ1n) is 5.26. The van der Waals surface area contributed by atoms with Crippen LogP contribution in [0.3, 0.4) is 0 Å². The third-order valence-electron chi connectivity index (χ3n) is 3.32. The molecule has 0 atom stereocenters. The van der Waals surface area contributed by atoms with Crippen LogP contribution in [0.4, 0.5) is 8.78 Å². The molecule has 0 unspecified atom stereocenters. The molecule has 2 fully saturated rings. The first-order chi connectivity index (χ1) is 6.25. The minimum absolute atomic E-state index is 0.0165. The van der Waals surface area contributed by atoms with Gasteiger partial charge in [-0.05, 0) is 50.6 Å². The minimum Gasteiger partial charge on any atom is -0.298 e. The van der Waals surface area contributed by atoms with Crippen LogP contribution in [-0.4, -0.2) is 31.0 Å². The standard InChI is InChI=1S/C10H17F2N/c11-10(12)7-13-5-3-9(4-6-13)8-1-2-8/h8-10H,1-7H2. The molecule has 1 heterocycles. The molecule has 0 bridgehead atoms. The summed E-state index contributed by atoms with van der Waals surface area (Å²) < 4.78 is 24.1. The van der Waals surface area contributed by atoms with E-state index in [0.717, 1.165) is 37.8 Å². The normalized spacial score (nSPS) is 27.0. The molecule has 0 aromatic carbocycles. The van der Waals surface area contributed by atoms with Crippen molar-refractivity contribution in [3.05, 3.63) is 0 Å². The predicted octanol–water partition coefficient (Wildman–Crippen LogP) is 2.37. The van der Waals surface area contributed by atoms with Gasteiger partial charge in [0.25, 0.3) is 6.43 Å². The summed E-state index contributed by atoms with van der Waals surface area (Å²) in [6.07, 6.45) is 2.92. The molecule has 0 spiro atoms. The second kappa shape index (κ2) is 3.91. The third-order valence-corrected chi connectivity index (χ3v) is 3.32. The van der Waals surface area contributed by atoms with E-state index in [1.807, 2.05) is 4.90 Å². The summed E-state index contributed by atoms with van der Waals surface area (Å²) in [6.45, 7) is 1.77. The maximum Gasteiger partial charge on any atom is 0.251 e. The van der Waals surface area contributed by atoms with Gasteiger partial charge in [0.15, 0.2) is 0 Å². The van der Waals surface area contributed by atoms with E-state index in [-0.39, 0.29) is 6.54 Å². The van der Waals surface area contributed by atoms with Crippen LogP contribution in [0.1, 0.15) is 25.7 Å². The lowest BCUT2D eigenvalue weighted by Gasteiger charge is -2.31. The average molecular weight is 189 g/mol. The van der Waals surface area contributed by atoms with Crippen molar-refractivity contribution in [1.82, 2.24) is 4.90 Å². The maximum atomic E-state index is 12.0. The van der Waals surface area contributed by atoms with Crippen LogP contribution in [0.2, 0.25) is 0 Å². The molecule has 1 aliphatic carbocycles. The first-order valence-corrected chi connectivity index (χ1v) is 5.26. The Morgan fingerprint density at radius 3 is 2.00 bits per heavy atom. The molecule has 1 saturated carbocycles. The number of alkyl halides is 2. The molecule has 1 aliphatic heterocycles. The maximum absolute atomic E-state index is 12.0. The molecule has 2 rings (SSSR count). The summed E-state index contributed by atoms with van der Waals surface area (Å²) >= 11 is 0. The number of hydrogen-bond donors (Lipinski definition) is 0. The Balaban J connectivity index is 1.69. The zero-order valence-electron chi connectivity index (χ0n) is 7.88. The van der Waals surface area contributed by atoms with E-state index < -0.39 is 6.43 Å². The molecule has 2 aliphatic rings. The quantitative estimate of drug-likeness (QED) is 0.659. The van der Waals surface area contributed by atoms with Crippen LogP contribution in [-0.2, 0) is 0 Å². The molecule has 0 amide bonds. The molecule has 1 saturated heterocycles. The molecule has 13 heavy (non-hydrogen) atoms. The fraction of sp³-hybridized carbons (Fsp3) is 1.00. The van der Waals surface area contributed by atoms with Gasteiger partial charge in [0, 0.05) is 0 Å². The summed E-state index contributed by atoms with van der Waals surface area (Å²) in [5.41, 5.74) is 0. The van der Waals surface area contributed by atoms with Gasteiger partial charge in [0.1, 0.15) is 0 Å². The van der Waals surface area contributed by atoms with Gasteiger partial charge in [0.05, 0.1) is 6.54 Å². The van der Waals surface area contributed by atoms with Crippen molar-refractivity contribution in [3.63, 3.8) is 0 Å². The van der Waals surface area contributed by atoms with Crippen molar-refractivity contribution >= 4 is 0 Å². The molecule has 76 valence electrons. The Morgan fingerprint density at radius 1 is 1.00 bits per heavy atom. The van der Waals surface area contributed by atoms with Gasteiger partial charge >= 0.3 is 0 Å². The zero-order chi connectivity index (χ0) is 9.26. The Kier molecular flexibility index (Phi) is 2.82. The zero-order valence-corrected chi connectivity index (χ0v) is 7.88. The van der Waals surface area contributed by atoms with Gasteiger partial charge in [-0.2, -0.15) is 0 Å². The molecular formula is C10H17F2N. The highest BCUT2D eigenvalue weighted by atomic mass is 19.3. The van der Waals surface area contributed by atoms with E-state index in [0.29, 0.717) is 0 Å². The van der Waals surface area contributed by atoms with Gasteiger partial charge < -0.3 is 0 Å². The monoisotopic (exact) mass is 189 g/mol. The van der Waals surface area contributed by atoms with Crippen LogP contribution in [0.5, 0.6) is 0 Å². The molecule has 0 aromatic rings. The Hall–Kier alpha value is -0.180. The predicted molar refractivity (Wildman–Crippen MR) is 47.9 cm³/mol. The highest BCUT2D eigenvalue weighted by molar-refractivity contribution is 4.85. The van der Waals surface area contributed by atoms with Gasteiger partial charge in [-0.3, -0.25) is 4.90 Å². The van der Waals surface area contributed by atoms with Crippen molar-refractivity contribution in [2.24, 2.45) is 11.8 Å². The highest BCUT2D eigenvalue weighted by Gasteiger charge is 2.33. The second-order valence-electron chi connectivity index (χ2n) is 4.37. The lowest BCUT2D eigenvalue weighted by atomic mass is 9.92. The summed E-state index contributed by atoms with van der Waals surface area (Å²) in [4.78, 5) is 1.91. The van der Waals surface area contributed by atoms with E-state index in [4.69, 9.17) is 0 Å². The number of halogens is 2. The third kappa shape index (κ3) is 2.63. The average Bonchev–Trinajstić information content (AvgIpc) is 2.87. The molecule has 0 N–H and O–H groups in total. The topological polar surface area (TPSA) is 3.24 Å². The first kappa shape index (κ1) is 9.38. The van der Waals surface area contributed by atoms with Gasteiger partial charge in [-0.25, -0.2) is 8.78 Å². The van der Waals surface area contributed by atoms with Crippen molar-refractivity contribution in [1.29, 1.82) is 0 Å². The molecule has 1 nitrogen and oxygen atoms in total. The van der Waals surface area contributed by atoms with E-state index in [2.05, 4.69) is 0 Å². The van der Waals surface area contributed by atoms with E-state index >= 15 is 0 Å². The summed E-state index contributed by atoms with van der Waals surface area (Å²) in [7, 11) is 0. The molecule has 3 heteroatoms. The van der Waals surface area contributed by atoms with Crippen molar-refractivity contribution in [2.45, 2.75) is 32.1 Å². The molecule has 0 aromatic heterocycles. The van der Waals surface area contributed by atoms with Crippen molar-refractivity contribution in [2.75, 3.05) is 19.6 Å². The van der Waals surface area contributed by atoms with Crippen LogP contribution in [0.15, 0.2) is 0 Å². The summed E-state index contributed by atoms with van der Waals surface area (Å²) in [5.74, 6) is 1.81. The van der Waals surface area contributed by atoms with E-state index in [1.165, 1.54) is 12.8 Å². The SMILES string of the molecule is FC(F)CN1CCC(C2CC2)CC1.